The van der Waals surface area contributed by atoms with Crippen LogP contribution >= 0.6 is 0 Å². The summed E-state index contributed by atoms with van der Waals surface area (Å²) in [5.41, 5.74) is 0. The summed E-state index contributed by atoms with van der Waals surface area (Å²) in [4.78, 5) is 51.1. The Morgan fingerprint density at radius 1 is 0.442 bits per heavy atom. The molecule has 12 nitrogen and oxygen atoms in total. The predicted octanol–water partition coefficient (Wildman–Crippen LogP) is 15.7. The molecule has 0 aromatic rings. The summed E-state index contributed by atoms with van der Waals surface area (Å²) in [6, 6.07) is 0. The van der Waals surface area contributed by atoms with E-state index >= 15 is 0 Å². The van der Waals surface area contributed by atoms with Crippen LogP contribution in [0.4, 0.5) is 0 Å². The summed E-state index contributed by atoms with van der Waals surface area (Å²) in [5, 5.41) is 31.4. The van der Waals surface area contributed by atoms with Crippen molar-refractivity contribution in [1.29, 1.82) is 0 Å². The fourth-order valence-corrected chi connectivity index (χ4v) is 8.47. The summed E-state index contributed by atoms with van der Waals surface area (Å²) in [7, 11) is 0. The van der Waals surface area contributed by atoms with E-state index in [9.17, 15) is 34.5 Å². The zero-order chi connectivity index (χ0) is 56.1. The number of carbonyl (C=O) groups is 4. The number of rotatable bonds is 50. The van der Waals surface area contributed by atoms with Crippen LogP contribution in [0.25, 0.3) is 0 Å². The molecular weight excluding hydrogens is 973 g/mol. The van der Waals surface area contributed by atoms with Crippen LogP contribution in [-0.4, -0.2) is 89.2 Å². The molecule has 1 fully saturated rings. The topological polar surface area (TPSA) is 175 Å². The quantitative estimate of drug-likeness (QED) is 0.0228. The highest BCUT2D eigenvalue weighted by Crippen LogP contribution is 2.26. The number of allylic oxidation sites excluding steroid dienone is 16. The normalized spacial score (nSPS) is 18.7. The average Bonchev–Trinajstić information content (AvgIpc) is 3.42. The summed E-state index contributed by atoms with van der Waals surface area (Å²) in [6.07, 6.45) is 56.7. The molecule has 77 heavy (non-hydrogen) atoms. The summed E-state index contributed by atoms with van der Waals surface area (Å²) >= 11 is 0. The van der Waals surface area contributed by atoms with E-state index in [1.54, 1.807) is 0 Å². The molecule has 3 N–H and O–H groups in total. The van der Waals surface area contributed by atoms with Crippen LogP contribution in [0.2, 0.25) is 0 Å². The maximum atomic E-state index is 13.1. The van der Waals surface area contributed by atoms with Crippen molar-refractivity contribution < 1.29 is 58.2 Å². The number of unbranched alkanes of at least 4 members (excludes halogenated alkanes) is 20. The molecule has 0 spiro atoms. The Kier molecular flexibility index (Phi) is 48.0. The van der Waals surface area contributed by atoms with E-state index in [-0.39, 0.29) is 25.9 Å². The van der Waals surface area contributed by atoms with Crippen molar-refractivity contribution in [3.63, 3.8) is 0 Å². The van der Waals surface area contributed by atoms with Gasteiger partial charge in [-0.05, 0) is 109 Å². The summed E-state index contributed by atoms with van der Waals surface area (Å²) in [6.45, 7) is 5.75. The highest BCUT2D eigenvalue weighted by atomic mass is 16.7. The van der Waals surface area contributed by atoms with E-state index in [0.29, 0.717) is 25.7 Å². The lowest BCUT2D eigenvalue weighted by Crippen LogP contribution is -2.61. The lowest BCUT2D eigenvalue weighted by Gasteiger charge is -2.40. The first kappa shape index (κ1) is 70.7. The van der Waals surface area contributed by atoms with Crippen LogP contribution in [0.1, 0.15) is 239 Å². The SMILES string of the molecule is CC/C=C\C/C=C\C/C=C\C/C=C\C/C=C\CCCC(=O)OC(COC(=O)CCCCCCCCCCC/C=C\C/C=C\CCCCC)COC1OC(C(=O)O)C(O)C(O)C1OC(=O)CCCCCCC/C=C\CCCC. The van der Waals surface area contributed by atoms with Gasteiger partial charge in [0.1, 0.15) is 18.8 Å². The van der Waals surface area contributed by atoms with Crippen LogP contribution < -0.4 is 0 Å². The highest BCUT2D eigenvalue weighted by Gasteiger charge is 2.50. The van der Waals surface area contributed by atoms with Gasteiger partial charge >= 0.3 is 23.9 Å². The molecule has 1 rings (SSSR count). The minimum atomic E-state index is -1.92. The number of carbonyl (C=O) groups excluding carboxylic acids is 3. The second-order valence-corrected chi connectivity index (χ2v) is 20.2. The molecule has 0 bridgehead atoms. The largest absolute Gasteiger partial charge is 0.479 e. The summed E-state index contributed by atoms with van der Waals surface area (Å²) < 4.78 is 28.4. The van der Waals surface area contributed by atoms with Crippen molar-refractivity contribution in [2.24, 2.45) is 0 Å². The maximum Gasteiger partial charge on any atom is 0.335 e. The Morgan fingerprint density at radius 2 is 0.844 bits per heavy atom. The van der Waals surface area contributed by atoms with Crippen molar-refractivity contribution >= 4 is 23.9 Å². The zero-order valence-corrected chi connectivity index (χ0v) is 48.2. The second-order valence-electron chi connectivity index (χ2n) is 20.2. The number of ether oxygens (including phenoxy) is 5. The third kappa shape index (κ3) is 42.3. The van der Waals surface area contributed by atoms with Gasteiger partial charge in [0.2, 0.25) is 0 Å². The Bertz CT molecular complexity index is 1710. The van der Waals surface area contributed by atoms with Crippen LogP contribution in [0.3, 0.4) is 0 Å². The standard InChI is InChI=1S/C65H106O12/c1-4-7-10-13-16-19-22-24-26-28-29-31-32-34-37-39-42-45-48-51-57(66)73-54-56(75-58(67)52-49-46-43-41-38-35-33-30-27-25-23-20-17-14-11-8-5-2)55-74-65-63(61(70)60(69)62(77-65)64(71)72)76-59(68)53-50-47-44-40-36-21-18-15-12-9-6-3/h8,11,15-20,24-27,33,35,41,43,56,60-63,65,69-70H,4-7,9-10,12-14,21-23,28-32,34,36-40,42,44-55H2,1-3H3,(H,71,72)/b11-8-,18-15-,19-16-,20-17-,26-24-,27-25-,35-33-,43-41-. The number of carboxylic acid groups (broad SMARTS) is 1. The van der Waals surface area contributed by atoms with Crippen molar-refractivity contribution in [1.82, 2.24) is 0 Å². The van der Waals surface area contributed by atoms with E-state index in [4.69, 9.17) is 23.7 Å². The molecule has 12 heteroatoms. The van der Waals surface area contributed by atoms with E-state index in [1.165, 1.54) is 70.6 Å². The summed E-state index contributed by atoms with van der Waals surface area (Å²) in [5.74, 6) is -3.22. The average molecular weight is 1080 g/mol. The first-order valence-corrected chi connectivity index (χ1v) is 30.2. The Labute approximate surface area is 466 Å². The molecule has 0 saturated carbocycles. The molecule has 6 unspecified atom stereocenters. The lowest BCUT2D eigenvalue weighted by atomic mass is 9.98. The first-order valence-electron chi connectivity index (χ1n) is 30.2. The zero-order valence-electron chi connectivity index (χ0n) is 48.2. The van der Waals surface area contributed by atoms with Crippen molar-refractivity contribution in [3.05, 3.63) is 97.2 Å². The van der Waals surface area contributed by atoms with Gasteiger partial charge in [0, 0.05) is 19.3 Å². The lowest BCUT2D eigenvalue weighted by molar-refractivity contribution is -0.301. The highest BCUT2D eigenvalue weighted by molar-refractivity contribution is 5.74. The second kappa shape index (κ2) is 52.3. The fourth-order valence-electron chi connectivity index (χ4n) is 8.47. The van der Waals surface area contributed by atoms with Gasteiger partial charge in [-0.3, -0.25) is 14.4 Å². The van der Waals surface area contributed by atoms with Crippen LogP contribution in [-0.2, 0) is 42.9 Å². The van der Waals surface area contributed by atoms with Gasteiger partial charge in [0.15, 0.2) is 24.6 Å². The monoisotopic (exact) mass is 1080 g/mol. The fraction of sp³-hybridized carbons (Fsp3) is 0.692. The van der Waals surface area contributed by atoms with Gasteiger partial charge in [-0.25, -0.2) is 4.79 Å². The Hall–Kier alpha value is -4.36. The molecule has 0 aliphatic carbocycles. The number of aliphatic hydroxyl groups excluding tert-OH is 2. The van der Waals surface area contributed by atoms with E-state index in [0.717, 1.165) is 103 Å². The molecule has 1 aliphatic rings. The van der Waals surface area contributed by atoms with Crippen molar-refractivity contribution in [2.75, 3.05) is 13.2 Å². The van der Waals surface area contributed by atoms with E-state index < -0.39 is 67.3 Å². The molecular formula is C65H106O12. The third-order valence-electron chi connectivity index (χ3n) is 13.1. The molecule has 0 aromatic carbocycles. The molecule has 0 radical (unpaired) electrons. The number of hydrogen-bond donors (Lipinski definition) is 3. The minimum Gasteiger partial charge on any atom is -0.479 e. The third-order valence-corrected chi connectivity index (χ3v) is 13.1. The van der Waals surface area contributed by atoms with Crippen LogP contribution in [0.15, 0.2) is 97.2 Å². The Balaban J connectivity index is 2.71. The van der Waals surface area contributed by atoms with Gasteiger partial charge in [-0.15, -0.1) is 0 Å². The molecule has 1 aliphatic heterocycles. The maximum absolute atomic E-state index is 13.1. The number of aliphatic hydroxyl groups is 2. The van der Waals surface area contributed by atoms with E-state index in [1.807, 2.05) is 12.2 Å². The molecule has 438 valence electrons. The van der Waals surface area contributed by atoms with Crippen molar-refractivity contribution in [3.8, 4) is 0 Å². The van der Waals surface area contributed by atoms with Gasteiger partial charge in [-0.1, -0.05) is 208 Å². The van der Waals surface area contributed by atoms with Gasteiger partial charge in [0.25, 0.3) is 0 Å². The van der Waals surface area contributed by atoms with Crippen LogP contribution in [0.5, 0.6) is 0 Å². The molecule has 0 aromatic heterocycles. The number of aliphatic carboxylic acids is 1. The van der Waals surface area contributed by atoms with E-state index in [2.05, 4.69) is 106 Å². The predicted molar refractivity (Wildman–Crippen MR) is 312 cm³/mol. The number of esters is 3. The first-order chi connectivity index (χ1) is 37.6. The van der Waals surface area contributed by atoms with Crippen LogP contribution in [0, 0.1) is 0 Å². The molecule has 1 saturated heterocycles. The van der Waals surface area contributed by atoms with Gasteiger partial charge in [0.05, 0.1) is 6.61 Å². The molecule has 0 amide bonds. The Morgan fingerprint density at radius 3 is 1.34 bits per heavy atom. The van der Waals surface area contributed by atoms with Crippen molar-refractivity contribution in [2.45, 2.75) is 276 Å². The molecule has 6 atom stereocenters. The number of carboxylic acids is 1. The smallest absolute Gasteiger partial charge is 0.335 e. The molecule has 1 heterocycles. The number of hydrogen-bond acceptors (Lipinski definition) is 11. The minimum absolute atomic E-state index is 0.0391. The van der Waals surface area contributed by atoms with Gasteiger partial charge in [-0.2, -0.15) is 0 Å². The van der Waals surface area contributed by atoms with Gasteiger partial charge < -0.3 is 39.0 Å².